The molecular formula is C26H44N8O8S. The summed E-state index contributed by atoms with van der Waals surface area (Å²) in [6.07, 6.45) is 3.53. The van der Waals surface area contributed by atoms with Crippen molar-refractivity contribution in [3.63, 3.8) is 0 Å². The van der Waals surface area contributed by atoms with Crippen LogP contribution in [0, 0.1) is 11.8 Å². The second kappa shape index (κ2) is 18.8. The average molecular weight is 629 g/mol. The highest BCUT2D eigenvalue weighted by atomic mass is 32.1. The van der Waals surface area contributed by atoms with Crippen LogP contribution in [0.1, 0.15) is 46.2 Å². The Kier molecular flexibility index (Phi) is 16.3. The molecule has 0 saturated carbocycles. The fourth-order valence-corrected chi connectivity index (χ4v) is 4.17. The molecule has 1 heterocycles. The number of aromatic nitrogens is 2. The molecule has 0 spiro atoms. The summed E-state index contributed by atoms with van der Waals surface area (Å²) in [5, 5.41) is 30.3. The Morgan fingerprint density at radius 2 is 1.37 bits per heavy atom. The van der Waals surface area contributed by atoms with Gasteiger partial charge in [0.15, 0.2) is 0 Å². The summed E-state index contributed by atoms with van der Waals surface area (Å²) in [5.74, 6) is -5.19. The number of hydrogen-bond donors (Lipinski definition) is 10. The topological polar surface area (TPSA) is 258 Å². The van der Waals surface area contributed by atoms with E-state index in [2.05, 4.69) is 43.9 Å². The second-order valence-corrected chi connectivity index (χ2v) is 11.2. The molecule has 0 aliphatic heterocycles. The minimum absolute atomic E-state index is 0.0378. The predicted molar refractivity (Wildman–Crippen MR) is 158 cm³/mol. The van der Waals surface area contributed by atoms with E-state index >= 15 is 0 Å². The number of nitrogens with two attached hydrogens (primary N) is 1. The number of H-pyrrole nitrogens is 1. The molecule has 0 saturated heterocycles. The number of aliphatic carboxylic acids is 1. The SMILES string of the molecule is CC(C)C[C@H](NC(=O)[C@H](Cc1cnc[nH]1)NC(=O)[C@@H](N)CC(C)C)C(=O)N[C@@H](CS)C(=O)N[C@@H](CO)C(=O)NCC(=O)O. The van der Waals surface area contributed by atoms with Crippen LogP contribution in [0.2, 0.25) is 0 Å². The molecule has 17 heteroatoms. The number of carboxylic acid groups (broad SMARTS) is 1. The first-order valence-electron chi connectivity index (χ1n) is 13.8. The molecule has 1 aromatic rings. The first-order chi connectivity index (χ1) is 20.2. The van der Waals surface area contributed by atoms with E-state index in [1.807, 2.05) is 33.0 Å². The molecule has 0 aromatic carbocycles. The fraction of sp³-hybridized carbons (Fsp3) is 0.654. The zero-order valence-corrected chi connectivity index (χ0v) is 25.6. The molecule has 5 amide bonds. The number of hydrogen-bond acceptors (Lipinski definition) is 10. The number of carboxylic acids is 1. The minimum atomic E-state index is -1.48. The smallest absolute Gasteiger partial charge is 0.322 e. The lowest BCUT2D eigenvalue weighted by Crippen LogP contribution is -2.60. The Morgan fingerprint density at radius 1 is 0.837 bits per heavy atom. The van der Waals surface area contributed by atoms with Crippen molar-refractivity contribution in [2.45, 2.75) is 77.2 Å². The number of nitrogens with zero attached hydrogens (tertiary/aromatic N) is 1. The van der Waals surface area contributed by atoms with Gasteiger partial charge in [-0.1, -0.05) is 27.7 Å². The molecule has 43 heavy (non-hydrogen) atoms. The van der Waals surface area contributed by atoms with E-state index in [-0.39, 0.29) is 30.4 Å². The lowest BCUT2D eigenvalue weighted by atomic mass is 10.0. The summed E-state index contributed by atoms with van der Waals surface area (Å²) in [6.45, 7) is 5.92. The molecule has 0 fully saturated rings. The van der Waals surface area contributed by atoms with Gasteiger partial charge in [-0.25, -0.2) is 4.98 Å². The zero-order chi connectivity index (χ0) is 32.7. The maximum absolute atomic E-state index is 13.4. The van der Waals surface area contributed by atoms with Crippen molar-refractivity contribution in [3.8, 4) is 0 Å². The van der Waals surface area contributed by atoms with Crippen LogP contribution in [-0.4, -0.2) is 105 Å². The van der Waals surface area contributed by atoms with E-state index in [0.29, 0.717) is 12.1 Å². The van der Waals surface area contributed by atoms with Gasteiger partial charge in [-0.2, -0.15) is 12.6 Å². The lowest BCUT2D eigenvalue weighted by Gasteiger charge is -2.27. The zero-order valence-electron chi connectivity index (χ0n) is 24.8. The largest absolute Gasteiger partial charge is 0.480 e. The number of nitrogens with one attached hydrogen (secondary N) is 6. The van der Waals surface area contributed by atoms with Crippen LogP contribution >= 0.6 is 12.6 Å². The summed E-state index contributed by atoms with van der Waals surface area (Å²) in [7, 11) is 0. The first-order valence-corrected chi connectivity index (χ1v) is 14.5. The van der Waals surface area contributed by atoms with Gasteiger partial charge in [0.1, 0.15) is 30.7 Å². The molecule has 0 bridgehead atoms. The van der Waals surface area contributed by atoms with Crippen LogP contribution < -0.4 is 32.3 Å². The highest BCUT2D eigenvalue weighted by Gasteiger charge is 2.32. The Bertz CT molecular complexity index is 1090. The average Bonchev–Trinajstić information content (AvgIpc) is 3.44. The number of carbonyl (C=O) groups excluding carboxylic acids is 5. The summed E-state index contributed by atoms with van der Waals surface area (Å²) in [5.41, 5.74) is 6.56. The lowest BCUT2D eigenvalue weighted by molar-refractivity contribution is -0.139. The molecule has 0 unspecified atom stereocenters. The molecule has 10 N–H and O–H groups in total. The number of aromatic amines is 1. The number of amides is 5. The molecule has 1 aromatic heterocycles. The van der Waals surface area contributed by atoms with Crippen molar-refractivity contribution >= 4 is 48.1 Å². The van der Waals surface area contributed by atoms with Crippen LogP contribution in [0.3, 0.4) is 0 Å². The van der Waals surface area contributed by atoms with Gasteiger partial charge < -0.3 is 47.5 Å². The fourth-order valence-electron chi connectivity index (χ4n) is 3.91. The monoisotopic (exact) mass is 628 g/mol. The van der Waals surface area contributed by atoms with Crippen molar-refractivity contribution in [3.05, 3.63) is 18.2 Å². The van der Waals surface area contributed by atoms with Gasteiger partial charge in [0.05, 0.1) is 19.0 Å². The number of carbonyl (C=O) groups is 6. The molecule has 0 aliphatic carbocycles. The number of aliphatic hydroxyl groups is 1. The summed E-state index contributed by atoms with van der Waals surface area (Å²) >= 11 is 4.10. The third-order valence-corrected chi connectivity index (χ3v) is 6.42. The summed E-state index contributed by atoms with van der Waals surface area (Å²) < 4.78 is 0. The van der Waals surface area contributed by atoms with E-state index in [9.17, 15) is 33.9 Å². The highest BCUT2D eigenvalue weighted by Crippen LogP contribution is 2.09. The predicted octanol–water partition coefficient (Wildman–Crippen LogP) is -2.57. The van der Waals surface area contributed by atoms with Crippen LogP contribution in [0.25, 0.3) is 0 Å². The van der Waals surface area contributed by atoms with Crippen molar-refractivity contribution in [1.29, 1.82) is 0 Å². The Morgan fingerprint density at radius 3 is 1.88 bits per heavy atom. The molecule has 0 radical (unpaired) electrons. The normalized spacial score (nSPS) is 14.6. The van der Waals surface area contributed by atoms with E-state index in [1.54, 1.807) is 0 Å². The third-order valence-electron chi connectivity index (χ3n) is 6.06. The standard InChI is InChI=1S/C26H44N8O8S/c1-13(2)5-16(27)22(38)31-18(7-15-8-28-12-30-15)25(41)32-17(6-14(3)4)24(40)34-20(11-43)26(42)33-19(10-35)23(39)29-9-21(36)37/h8,12-14,16-20,35,43H,5-7,9-11,27H2,1-4H3,(H,28,30)(H,29,39)(H,31,38)(H,32,41)(H,33,42)(H,34,40)(H,36,37)/t16-,17-,18-,19-,20-/m0/s1. The second-order valence-electron chi connectivity index (χ2n) is 10.9. The van der Waals surface area contributed by atoms with Crippen molar-refractivity contribution < 1.29 is 39.0 Å². The Labute approximate surface area is 255 Å². The molecule has 242 valence electrons. The van der Waals surface area contributed by atoms with Gasteiger partial charge in [0.25, 0.3) is 0 Å². The maximum Gasteiger partial charge on any atom is 0.322 e. The van der Waals surface area contributed by atoms with Crippen molar-refractivity contribution in [2.75, 3.05) is 18.9 Å². The van der Waals surface area contributed by atoms with E-state index in [4.69, 9.17) is 10.8 Å². The summed E-state index contributed by atoms with van der Waals surface area (Å²) in [4.78, 5) is 81.9. The van der Waals surface area contributed by atoms with Gasteiger partial charge >= 0.3 is 5.97 Å². The van der Waals surface area contributed by atoms with Gasteiger partial charge in [-0.3, -0.25) is 28.8 Å². The summed E-state index contributed by atoms with van der Waals surface area (Å²) in [6, 6.07) is -5.84. The van der Waals surface area contributed by atoms with Crippen LogP contribution in [0.5, 0.6) is 0 Å². The Balaban J connectivity index is 3.04. The van der Waals surface area contributed by atoms with E-state index in [0.717, 1.165) is 0 Å². The maximum atomic E-state index is 13.4. The van der Waals surface area contributed by atoms with E-state index in [1.165, 1.54) is 12.5 Å². The molecular weight excluding hydrogens is 584 g/mol. The van der Waals surface area contributed by atoms with E-state index < -0.39 is 78.9 Å². The van der Waals surface area contributed by atoms with Gasteiger partial charge in [-0.05, 0) is 24.7 Å². The van der Waals surface area contributed by atoms with Gasteiger partial charge in [0, 0.05) is 24.1 Å². The van der Waals surface area contributed by atoms with Crippen molar-refractivity contribution in [1.82, 2.24) is 36.6 Å². The first kappa shape index (κ1) is 37.3. The minimum Gasteiger partial charge on any atom is -0.480 e. The number of thiol groups is 1. The van der Waals surface area contributed by atoms with Crippen LogP contribution in [0.4, 0.5) is 0 Å². The number of aliphatic hydroxyl groups excluding tert-OH is 1. The number of rotatable bonds is 19. The van der Waals surface area contributed by atoms with Crippen molar-refractivity contribution in [2.24, 2.45) is 17.6 Å². The van der Waals surface area contributed by atoms with Crippen LogP contribution in [0.15, 0.2) is 12.5 Å². The molecule has 1 rings (SSSR count). The molecule has 16 nitrogen and oxygen atoms in total. The number of imidazole rings is 1. The molecule has 5 atom stereocenters. The van der Waals surface area contributed by atoms with Crippen LogP contribution in [-0.2, 0) is 35.2 Å². The quantitative estimate of drug-likeness (QED) is 0.0716. The highest BCUT2D eigenvalue weighted by molar-refractivity contribution is 7.80. The van der Waals surface area contributed by atoms with Gasteiger partial charge in [0.2, 0.25) is 29.5 Å². The van der Waals surface area contributed by atoms with Gasteiger partial charge in [-0.15, -0.1) is 0 Å². The molecule has 0 aliphatic rings. The third kappa shape index (κ3) is 13.9. The Hall–Kier alpha value is -3.70.